The monoisotopic (exact) mass is 174 g/mol. The van der Waals surface area contributed by atoms with Crippen molar-refractivity contribution >= 4 is 0 Å². The van der Waals surface area contributed by atoms with E-state index in [-0.39, 0.29) is 0 Å². The first-order chi connectivity index (χ1) is 6.38. The molecule has 0 N–H and O–H groups in total. The highest BCUT2D eigenvalue weighted by molar-refractivity contribution is 5.37. The molecule has 13 heavy (non-hydrogen) atoms. The number of hydrogen-bond donors (Lipinski definition) is 0. The molecule has 3 nitrogen and oxygen atoms in total. The Labute approximate surface area is 77.3 Å². The molecule has 0 saturated carbocycles. The summed E-state index contributed by atoms with van der Waals surface area (Å²) in [6.07, 6.45) is 5.34. The summed E-state index contributed by atoms with van der Waals surface area (Å²) in [4.78, 5) is 3.94. The van der Waals surface area contributed by atoms with Crippen LogP contribution in [0.5, 0.6) is 5.88 Å². The maximum Gasteiger partial charge on any atom is 0.231 e. The summed E-state index contributed by atoms with van der Waals surface area (Å²) in [7, 11) is 0. The van der Waals surface area contributed by atoms with Crippen molar-refractivity contribution in [3.8, 4) is 11.9 Å². The molecule has 1 heterocycles. The van der Waals surface area contributed by atoms with E-state index in [9.17, 15) is 0 Å². The normalized spacial score (nSPS) is 9.85. The van der Waals surface area contributed by atoms with E-state index in [2.05, 4.69) is 4.98 Å². The molecule has 1 aromatic heterocycles. The lowest BCUT2D eigenvalue weighted by Crippen LogP contribution is -1.97. The Hall–Kier alpha value is -1.82. The summed E-state index contributed by atoms with van der Waals surface area (Å²) < 4.78 is 5.25. The van der Waals surface area contributed by atoms with Crippen LogP contribution in [0, 0.1) is 11.3 Å². The van der Waals surface area contributed by atoms with Crippen molar-refractivity contribution in [1.29, 1.82) is 5.26 Å². The van der Waals surface area contributed by atoms with Crippen LogP contribution >= 0.6 is 0 Å². The third-order valence-electron chi connectivity index (χ3n) is 1.44. The number of aromatic nitrogens is 1. The highest BCUT2D eigenvalue weighted by atomic mass is 16.5. The zero-order valence-corrected chi connectivity index (χ0v) is 7.40. The molecular formula is C10H10N2O. The van der Waals surface area contributed by atoms with Crippen LogP contribution in [0.1, 0.15) is 12.5 Å². The van der Waals surface area contributed by atoms with Crippen molar-refractivity contribution in [2.45, 2.75) is 6.92 Å². The van der Waals surface area contributed by atoms with Gasteiger partial charge in [0.05, 0.1) is 0 Å². The maximum absolute atomic E-state index is 8.69. The van der Waals surface area contributed by atoms with Crippen molar-refractivity contribution in [2.24, 2.45) is 0 Å². The fraction of sp³-hybridized carbons (Fsp3) is 0.200. The van der Waals surface area contributed by atoms with Crippen LogP contribution in [0.2, 0.25) is 0 Å². The fourth-order valence-electron chi connectivity index (χ4n) is 0.814. The molecule has 1 rings (SSSR count). The van der Waals surface area contributed by atoms with Gasteiger partial charge < -0.3 is 4.74 Å². The van der Waals surface area contributed by atoms with Gasteiger partial charge >= 0.3 is 0 Å². The van der Waals surface area contributed by atoms with Crippen LogP contribution in [-0.4, -0.2) is 11.6 Å². The van der Waals surface area contributed by atoms with E-state index in [0.717, 1.165) is 0 Å². The molecule has 0 saturated heterocycles. The highest BCUT2D eigenvalue weighted by Crippen LogP contribution is 2.11. The Morgan fingerprint density at radius 2 is 2.54 bits per heavy atom. The molecule has 0 spiro atoms. The SMILES string of the molecule is CC=CCOc1ncccc1C#N. The molecule has 3 heteroatoms. The molecule has 0 aliphatic heterocycles. The summed E-state index contributed by atoms with van der Waals surface area (Å²) in [6.45, 7) is 2.36. The van der Waals surface area contributed by atoms with E-state index in [1.54, 1.807) is 18.3 Å². The largest absolute Gasteiger partial charge is 0.472 e. The van der Waals surface area contributed by atoms with Crippen LogP contribution in [0.3, 0.4) is 0 Å². The van der Waals surface area contributed by atoms with Gasteiger partial charge in [0.1, 0.15) is 18.2 Å². The Morgan fingerprint density at radius 3 is 3.23 bits per heavy atom. The van der Waals surface area contributed by atoms with Crippen LogP contribution in [0.15, 0.2) is 30.5 Å². The van der Waals surface area contributed by atoms with Gasteiger partial charge in [0, 0.05) is 6.20 Å². The van der Waals surface area contributed by atoms with Crippen LogP contribution in [0.25, 0.3) is 0 Å². The predicted molar refractivity (Wildman–Crippen MR) is 49.3 cm³/mol. The van der Waals surface area contributed by atoms with E-state index in [1.165, 1.54) is 0 Å². The summed E-state index contributed by atoms with van der Waals surface area (Å²) >= 11 is 0. The second-order valence-corrected chi connectivity index (χ2v) is 2.35. The third-order valence-corrected chi connectivity index (χ3v) is 1.44. The van der Waals surface area contributed by atoms with E-state index in [4.69, 9.17) is 10.00 Å². The zero-order chi connectivity index (χ0) is 9.52. The second-order valence-electron chi connectivity index (χ2n) is 2.35. The summed E-state index contributed by atoms with van der Waals surface area (Å²) in [5.41, 5.74) is 0.465. The number of nitrogens with zero attached hydrogens (tertiary/aromatic N) is 2. The van der Waals surface area contributed by atoms with E-state index >= 15 is 0 Å². The second kappa shape index (κ2) is 4.94. The molecule has 0 aliphatic carbocycles. The lowest BCUT2D eigenvalue weighted by Gasteiger charge is -2.02. The average Bonchev–Trinajstić information content (AvgIpc) is 2.19. The Balaban J connectivity index is 2.71. The molecule has 0 bridgehead atoms. The minimum absolute atomic E-state index is 0.392. The molecule has 1 aromatic rings. The van der Waals surface area contributed by atoms with Crippen molar-refractivity contribution in [3.63, 3.8) is 0 Å². The Kier molecular flexibility index (Phi) is 3.52. The molecule has 0 atom stereocenters. The Bertz CT molecular complexity index is 339. The molecular weight excluding hydrogens is 164 g/mol. The molecule has 0 radical (unpaired) electrons. The minimum atomic E-state index is 0.392. The topological polar surface area (TPSA) is 45.9 Å². The number of ether oxygens (including phenoxy) is 1. The van der Waals surface area contributed by atoms with Crippen LogP contribution in [0.4, 0.5) is 0 Å². The molecule has 0 aromatic carbocycles. The Morgan fingerprint density at radius 1 is 1.69 bits per heavy atom. The van der Waals surface area contributed by atoms with Gasteiger partial charge in [-0.15, -0.1) is 0 Å². The number of allylic oxidation sites excluding steroid dienone is 1. The number of hydrogen-bond acceptors (Lipinski definition) is 3. The first-order valence-electron chi connectivity index (χ1n) is 3.97. The van der Waals surface area contributed by atoms with Crippen molar-refractivity contribution in [3.05, 3.63) is 36.0 Å². The lowest BCUT2D eigenvalue weighted by molar-refractivity contribution is 0.347. The van der Waals surface area contributed by atoms with Gasteiger partial charge in [-0.25, -0.2) is 4.98 Å². The first-order valence-corrected chi connectivity index (χ1v) is 3.97. The average molecular weight is 174 g/mol. The zero-order valence-electron chi connectivity index (χ0n) is 7.40. The third kappa shape index (κ3) is 2.60. The first kappa shape index (κ1) is 9.27. The smallest absolute Gasteiger partial charge is 0.231 e. The number of rotatable bonds is 3. The molecule has 0 aliphatic rings. The quantitative estimate of drug-likeness (QED) is 0.657. The number of pyridine rings is 1. The summed E-state index contributed by atoms with van der Waals surface area (Å²) in [5.74, 6) is 0.392. The van der Waals surface area contributed by atoms with Gasteiger partial charge in [0.2, 0.25) is 5.88 Å². The fourth-order valence-corrected chi connectivity index (χ4v) is 0.814. The van der Waals surface area contributed by atoms with Crippen LogP contribution in [-0.2, 0) is 0 Å². The van der Waals surface area contributed by atoms with Crippen molar-refractivity contribution in [1.82, 2.24) is 4.98 Å². The van der Waals surface area contributed by atoms with Crippen molar-refractivity contribution in [2.75, 3.05) is 6.61 Å². The van der Waals surface area contributed by atoms with Gasteiger partial charge in [-0.2, -0.15) is 5.26 Å². The summed E-state index contributed by atoms with van der Waals surface area (Å²) in [5, 5.41) is 8.69. The van der Waals surface area contributed by atoms with Gasteiger partial charge in [0.25, 0.3) is 0 Å². The van der Waals surface area contributed by atoms with Gasteiger partial charge in [-0.1, -0.05) is 12.2 Å². The van der Waals surface area contributed by atoms with E-state index in [0.29, 0.717) is 18.1 Å². The molecule has 0 amide bonds. The standard InChI is InChI=1S/C10H10N2O/c1-2-3-7-13-10-9(8-11)5-4-6-12-10/h2-6H,7H2,1H3. The van der Waals surface area contributed by atoms with E-state index < -0.39 is 0 Å². The number of nitriles is 1. The van der Waals surface area contributed by atoms with E-state index in [1.807, 2.05) is 25.1 Å². The maximum atomic E-state index is 8.69. The van der Waals surface area contributed by atoms with Crippen molar-refractivity contribution < 1.29 is 4.74 Å². The molecule has 0 fully saturated rings. The minimum Gasteiger partial charge on any atom is -0.472 e. The predicted octanol–water partition coefficient (Wildman–Crippen LogP) is 1.91. The van der Waals surface area contributed by atoms with Gasteiger partial charge in [-0.3, -0.25) is 0 Å². The molecule has 66 valence electrons. The van der Waals surface area contributed by atoms with Gasteiger partial charge in [-0.05, 0) is 19.1 Å². The summed E-state index contributed by atoms with van der Waals surface area (Å²) in [6, 6.07) is 5.40. The lowest BCUT2D eigenvalue weighted by atomic mass is 10.3. The highest BCUT2D eigenvalue weighted by Gasteiger charge is 2.00. The molecule has 0 unspecified atom stereocenters. The van der Waals surface area contributed by atoms with Crippen LogP contribution < -0.4 is 4.74 Å². The van der Waals surface area contributed by atoms with Gasteiger partial charge in [0.15, 0.2) is 0 Å².